The third-order valence-corrected chi connectivity index (χ3v) is 3.30. The molecular weight excluding hydrogens is 302 g/mol. The Kier molecular flexibility index (Phi) is 5.43. The average Bonchev–Trinajstić information content (AvgIpc) is 2.38. The topological polar surface area (TPSA) is 35.2 Å². The van der Waals surface area contributed by atoms with Gasteiger partial charge in [-0.3, -0.25) is 0 Å². The second-order valence-electron chi connectivity index (χ2n) is 4.53. The Bertz CT molecular complexity index is 493. The molecule has 2 N–H and O–H groups in total. The molecule has 0 aromatic heterocycles. The van der Waals surface area contributed by atoms with Crippen molar-refractivity contribution in [2.24, 2.45) is 0 Å². The SMILES string of the molecule is Nc1cc(Br)cc(COCCCc2ccccc2)c1. The molecule has 0 aliphatic heterocycles. The fourth-order valence-electron chi connectivity index (χ4n) is 1.97. The van der Waals surface area contributed by atoms with Crippen LogP contribution in [-0.4, -0.2) is 6.61 Å². The number of ether oxygens (including phenoxy) is 1. The lowest BCUT2D eigenvalue weighted by Crippen LogP contribution is -1.98. The number of benzene rings is 2. The van der Waals surface area contributed by atoms with Crippen molar-refractivity contribution in [2.45, 2.75) is 19.4 Å². The summed E-state index contributed by atoms with van der Waals surface area (Å²) < 4.78 is 6.67. The summed E-state index contributed by atoms with van der Waals surface area (Å²) in [5.41, 5.74) is 9.00. The van der Waals surface area contributed by atoms with Crippen LogP contribution in [0.5, 0.6) is 0 Å². The van der Waals surface area contributed by atoms with Crippen molar-refractivity contribution in [3.63, 3.8) is 0 Å². The number of halogens is 1. The molecule has 2 rings (SSSR count). The number of nitrogen functional groups attached to an aromatic ring is 1. The van der Waals surface area contributed by atoms with Crippen LogP contribution in [0.15, 0.2) is 53.0 Å². The second-order valence-corrected chi connectivity index (χ2v) is 5.45. The van der Waals surface area contributed by atoms with Gasteiger partial charge < -0.3 is 10.5 Å². The van der Waals surface area contributed by atoms with E-state index in [1.807, 2.05) is 24.3 Å². The van der Waals surface area contributed by atoms with Crippen LogP contribution in [0.1, 0.15) is 17.5 Å². The Labute approximate surface area is 122 Å². The lowest BCUT2D eigenvalue weighted by molar-refractivity contribution is 0.118. The highest BCUT2D eigenvalue weighted by Crippen LogP contribution is 2.17. The van der Waals surface area contributed by atoms with Gasteiger partial charge in [0, 0.05) is 16.8 Å². The highest BCUT2D eigenvalue weighted by molar-refractivity contribution is 9.10. The molecule has 0 aliphatic carbocycles. The van der Waals surface area contributed by atoms with Gasteiger partial charge in [-0.05, 0) is 42.2 Å². The van der Waals surface area contributed by atoms with Gasteiger partial charge in [0.1, 0.15) is 0 Å². The highest BCUT2D eigenvalue weighted by atomic mass is 79.9. The van der Waals surface area contributed by atoms with Crippen LogP contribution in [0, 0.1) is 0 Å². The molecule has 0 fully saturated rings. The van der Waals surface area contributed by atoms with Gasteiger partial charge in [0.15, 0.2) is 0 Å². The van der Waals surface area contributed by atoms with Crippen molar-refractivity contribution in [1.29, 1.82) is 0 Å². The molecule has 0 bridgehead atoms. The van der Waals surface area contributed by atoms with E-state index in [0.717, 1.165) is 35.2 Å². The van der Waals surface area contributed by atoms with Gasteiger partial charge in [0.25, 0.3) is 0 Å². The van der Waals surface area contributed by atoms with Crippen LogP contribution in [0.3, 0.4) is 0 Å². The van der Waals surface area contributed by atoms with Crippen LogP contribution >= 0.6 is 15.9 Å². The van der Waals surface area contributed by atoms with Crippen LogP contribution in [0.2, 0.25) is 0 Å². The van der Waals surface area contributed by atoms with E-state index in [0.29, 0.717) is 6.61 Å². The normalized spacial score (nSPS) is 10.6. The summed E-state index contributed by atoms with van der Waals surface area (Å²) in [6.45, 7) is 1.37. The Balaban J connectivity index is 1.69. The zero-order valence-electron chi connectivity index (χ0n) is 10.8. The Morgan fingerprint density at radius 3 is 2.53 bits per heavy atom. The van der Waals surface area contributed by atoms with Crippen LogP contribution < -0.4 is 5.73 Å². The first kappa shape index (κ1) is 14.1. The molecule has 0 saturated heterocycles. The van der Waals surface area contributed by atoms with Crippen LogP contribution in [0.25, 0.3) is 0 Å². The first-order valence-electron chi connectivity index (χ1n) is 6.40. The summed E-state index contributed by atoms with van der Waals surface area (Å²) in [4.78, 5) is 0. The molecule has 3 heteroatoms. The zero-order chi connectivity index (χ0) is 13.5. The Morgan fingerprint density at radius 1 is 1.00 bits per heavy atom. The monoisotopic (exact) mass is 319 g/mol. The zero-order valence-corrected chi connectivity index (χ0v) is 12.4. The maximum atomic E-state index is 5.78. The van der Waals surface area contributed by atoms with Crippen molar-refractivity contribution < 1.29 is 4.74 Å². The van der Waals surface area contributed by atoms with Crippen molar-refractivity contribution in [2.75, 3.05) is 12.3 Å². The van der Waals surface area contributed by atoms with Gasteiger partial charge in [-0.2, -0.15) is 0 Å². The number of anilines is 1. The molecule has 0 heterocycles. The van der Waals surface area contributed by atoms with E-state index in [9.17, 15) is 0 Å². The number of hydrogen-bond donors (Lipinski definition) is 1. The fraction of sp³-hybridized carbons (Fsp3) is 0.250. The smallest absolute Gasteiger partial charge is 0.0718 e. The highest BCUT2D eigenvalue weighted by Gasteiger charge is 1.98. The first-order valence-corrected chi connectivity index (χ1v) is 7.20. The number of nitrogens with two attached hydrogens (primary N) is 1. The summed E-state index contributed by atoms with van der Waals surface area (Å²) in [5, 5.41) is 0. The van der Waals surface area contributed by atoms with E-state index in [2.05, 4.69) is 40.2 Å². The molecule has 0 aliphatic rings. The van der Waals surface area contributed by atoms with E-state index < -0.39 is 0 Å². The number of hydrogen-bond acceptors (Lipinski definition) is 2. The predicted octanol–water partition coefficient (Wildman–Crippen LogP) is 4.18. The molecule has 0 atom stereocenters. The summed E-state index contributed by atoms with van der Waals surface area (Å²) in [6.07, 6.45) is 2.09. The Hall–Kier alpha value is -1.32. The van der Waals surface area contributed by atoms with Gasteiger partial charge in [-0.15, -0.1) is 0 Å². The van der Waals surface area contributed by atoms with Crippen molar-refractivity contribution in [3.05, 3.63) is 64.1 Å². The lowest BCUT2D eigenvalue weighted by atomic mass is 10.1. The summed E-state index contributed by atoms with van der Waals surface area (Å²) in [6, 6.07) is 16.3. The quantitative estimate of drug-likeness (QED) is 0.640. The lowest BCUT2D eigenvalue weighted by Gasteiger charge is -2.06. The van der Waals surface area contributed by atoms with E-state index >= 15 is 0 Å². The molecule has 0 saturated carbocycles. The molecule has 0 radical (unpaired) electrons. The van der Waals surface area contributed by atoms with Crippen molar-refractivity contribution in [3.8, 4) is 0 Å². The Morgan fingerprint density at radius 2 is 1.79 bits per heavy atom. The molecule has 100 valence electrons. The van der Waals surface area contributed by atoms with Gasteiger partial charge in [0.05, 0.1) is 6.61 Å². The molecule has 19 heavy (non-hydrogen) atoms. The second kappa shape index (κ2) is 7.31. The van der Waals surface area contributed by atoms with E-state index in [4.69, 9.17) is 10.5 Å². The van der Waals surface area contributed by atoms with Crippen molar-refractivity contribution >= 4 is 21.6 Å². The minimum atomic E-state index is 0.610. The van der Waals surface area contributed by atoms with Crippen LogP contribution in [-0.2, 0) is 17.8 Å². The van der Waals surface area contributed by atoms with E-state index in [-0.39, 0.29) is 0 Å². The first-order chi connectivity index (χ1) is 9.24. The largest absolute Gasteiger partial charge is 0.399 e. The fourth-order valence-corrected chi connectivity index (χ4v) is 2.53. The average molecular weight is 320 g/mol. The van der Waals surface area contributed by atoms with Crippen molar-refractivity contribution in [1.82, 2.24) is 0 Å². The minimum absolute atomic E-state index is 0.610. The summed E-state index contributed by atoms with van der Waals surface area (Å²) >= 11 is 3.43. The third-order valence-electron chi connectivity index (χ3n) is 2.85. The summed E-state index contributed by atoms with van der Waals surface area (Å²) in [7, 11) is 0. The van der Waals surface area contributed by atoms with Gasteiger partial charge in [-0.25, -0.2) is 0 Å². The van der Waals surface area contributed by atoms with Crippen LogP contribution in [0.4, 0.5) is 5.69 Å². The molecule has 2 nitrogen and oxygen atoms in total. The molecule has 0 amide bonds. The van der Waals surface area contributed by atoms with E-state index in [1.165, 1.54) is 5.56 Å². The standard InChI is InChI=1S/C16H18BrNO/c17-15-9-14(10-16(18)11-15)12-19-8-4-7-13-5-2-1-3-6-13/h1-3,5-6,9-11H,4,7-8,12,18H2. The maximum Gasteiger partial charge on any atom is 0.0718 e. The minimum Gasteiger partial charge on any atom is -0.399 e. The maximum absolute atomic E-state index is 5.78. The molecule has 0 unspecified atom stereocenters. The molecular formula is C16H18BrNO. The number of aryl methyl sites for hydroxylation is 1. The molecule has 2 aromatic carbocycles. The summed E-state index contributed by atoms with van der Waals surface area (Å²) in [5.74, 6) is 0. The number of rotatable bonds is 6. The third kappa shape index (κ3) is 5.05. The van der Waals surface area contributed by atoms with E-state index in [1.54, 1.807) is 0 Å². The molecule has 0 spiro atoms. The predicted molar refractivity (Wildman–Crippen MR) is 83.0 cm³/mol. The molecule has 2 aromatic rings. The van der Waals surface area contributed by atoms with Gasteiger partial charge in [-0.1, -0.05) is 46.3 Å². The van der Waals surface area contributed by atoms with Gasteiger partial charge in [0.2, 0.25) is 0 Å². The van der Waals surface area contributed by atoms with Gasteiger partial charge >= 0.3 is 0 Å².